The van der Waals surface area contributed by atoms with Crippen molar-refractivity contribution in [3.8, 4) is 0 Å². The zero-order valence-corrected chi connectivity index (χ0v) is 14.4. The molecule has 3 rings (SSSR count). The van der Waals surface area contributed by atoms with Crippen molar-refractivity contribution in [3.05, 3.63) is 44.9 Å². The van der Waals surface area contributed by atoms with Gasteiger partial charge in [0.1, 0.15) is 0 Å². The lowest BCUT2D eigenvalue weighted by atomic mass is 10.1. The third-order valence-corrected chi connectivity index (χ3v) is 5.63. The number of hydrogen-bond donors (Lipinski definition) is 1. The normalized spacial score (nSPS) is 20.3. The Labute approximate surface area is 136 Å². The van der Waals surface area contributed by atoms with Gasteiger partial charge < -0.3 is 5.32 Å². The molecule has 1 aliphatic rings. The van der Waals surface area contributed by atoms with Gasteiger partial charge in [0.15, 0.2) is 5.13 Å². The van der Waals surface area contributed by atoms with Crippen LogP contribution in [0.2, 0.25) is 0 Å². The number of anilines is 1. The standard InChI is InChI=1S/C16H17BrN2OS/c1-9-6-13(9)15(20)19-16-18-8-12(21-16)7-11-3-4-14(17)10(2)5-11/h3-5,8-9,13H,6-7H2,1-2H3,(H,18,19,20). The first-order chi connectivity index (χ1) is 10.0. The summed E-state index contributed by atoms with van der Waals surface area (Å²) in [5.41, 5.74) is 2.49. The Hall–Kier alpha value is -1.20. The van der Waals surface area contributed by atoms with Gasteiger partial charge in [-0.2, -0.15) is 0 Å². The van der Waals surface area contributed by atoms with Gasteiger partial charge in [-0.15, -0.1) is 11.3 Å². The summed E-state index contributed by atoms with van der Waals surface area (Å²) < 4.78 is 1.13. The maximum Gasteiger partial charge on any atom is 0.229 e. The molecule has 0 aliphatic heterocycles. The molecule has 5 heteroatoms. The molecule has 2 aromatic rings. The lowest BCUT2D eigenvalue weighted by Gasteiger charge is -2.02. The maximum atomic E-state index is 11.9. The maximum absolute atomic E-state index is 11.9. The van der Waals surface area contributed by atoms with E-state index in [9.17, 15) is 4.79 Å². The van der Waals surface area contributed by atoms with E-state index in [1.165, 1.54) is 11.1 Å². The van der Waals surface area contributed by atoms with Crippen LogP contribution in [0.4, 0.5) is 5.13 Å². The summed E-state index contributed by atoms with van der Waals surface area (Å²) >= 11 is 5.07. The topological polar surface area (TPSA) is 42.0 Å². The van der Waals surface area contributed by atoms with Gasteiger partial charge in [-0.3, -0.25) is 4.79 Å². The number of carbonyl (C=O) groups is 1. The van der Waals surface area contributed by atoms with Crippen LogP contribution in [0, 0.1) is 18.8 Å². The first-order valence-corrected chi connectivity index (χ1v) is 8.64. The van der Waals surface area contributed by atoms with Crippen LogP contribution in [0.1, 0.15) is 29.3 Å². The molecule has 1 saturated carbocycles. The number of hydrogen-bond acceptors (Lipinski definition) is 3. The molecule has 21 heavy (non-hydrogen) atoms. The van der Waals surface area contributed by atoms with Crippen LogP contribution in [0.25, 0.3) is 0 Å². The molecule has 1 aliphatic carbocycles. The van der Waals surface area contributed by atoms with Crippen molar-refractivity contribution in [2.45, 2.75) is 26.7 Å². The Kier molecular flexibility index (Phi) is 4.13. The molecule has 0 saturated heterocycles. The van der Waals surface area contributed by atoms with Gasteiger partial charge in [-0.1, -0.05) is 35.0 Å². The molecular formula is C16H17BrN2OS. The number of nitrogens with zero attached hydrogens (tertiary/aromatic N) is 1. The van der Waals surface area contributed by atoms with Crippen LogP contribution in [0.3, 0.4) is 0 Å². The zero-order valence-electron chi connectivity index (χ0n) is 12.0. The third-order valence-electron chi connectivity index (χ3n) is 3.83. The molecule has 0 spiro atoms. The Morgan fingerprint density at radius 1 is 1.52 bits per heavy atom. The number of carbonyl (C=O) groups excluding carboxylic acids is 1. The average molecular weight is 365 g/mol. The Morgan fingerprint density at radius 3 is 2.95 bits per heavy atom. The average Bonchev–Trinajstić information content (AvgIpc) is 3.01. The summed E-state index contributed by atoms with van der Waals surface area (Å²) in [5, 5.41) is 3.63. The van der Waals surface area contributed by atoms with Gasteiger partial charge in [0.25, 0.3) is 0 Å². The smallest absolute Gasteiger partial charge is 0.229 e. The molecule has 0 radical (unpaired) electrons. The predicted octanol–water partition coefficient (Wildman–Crippen LogP) is 4.40. The molecule has 1 aromatic heterocycles. The van der Waals surface area contributed by atoms with Crippen molar-refractivity contribution in [2.75, 3.05) is 5.32 Å². The van der Waals surface area contributed by atoms with E-state index in [-0.39, 0.29) is 11.8 Å². The molecule has 1 N–H and O–H groups in total. The summed E-state index contributed by atoms with van der Waals surface area (Å²) in [4.78, 5) is 17.4. The first kappa shape index (κ1) is 14.7. The van der Waals surface area contributed by atoms with Crippen LogP contribution < -0.4 is 5.32 Å². The van der Waals surface area contributed by atoms with Crippen LogP contribution in [0.15, 0.2) is 28.9 Å². The van der Waals surface area contributed by atoms with Crippen molar-refractivity contribution in [2.24, 2.45) is 11.8 Å². The fourth-order valence-corrected chi connectivity index (χ4v) is 3.45. The second kappa shape index (κ2) is 5.89. The van der Waals surface area contributed by atoms with Crippen LogP contribution in [0.5, 0.6) is 0 Å². The summed E-state index contributed by atoms with van der Waals surface area (Å²) in [7, 11) is 0. The monoisotopic (exact) mass is 364 g/mol. The fraction of sp³-hybridized carbons (Fsp3) is 0.375. The van der Waals surface area contributed by atoms with E-state index in [1.54, 1.807) is 11.3 Å². The van der Waals surface area contributed by atoms with E-state index in [0.717, 1.165) is 22.2 Å². The molecule has 1 fully saturated rings. The summed E-state index contributed by atoms with van der Waals surface area (Å²) in [6, 6.07) is 6.36. The number of aryl methyl sites for hydroxylation is 1. The summed E-state index contributed by atoms with van der Waals surface area (Å²) in [6.45, 7) is 4.19. The minimum atomic E-state index is 0.114. The fourth-order valence-electron chi connectivity index (χ4n) is 2.35. The number of halogens is 1. The largest absolute Gasteiger partial charge is 0.302 e. The van der Waals surface area contributed by atoms with Crippen molar-refractivity contribution in [3.63, 3.8) is 0 Å². The number of rotatable bonds is 4. The highest BCUT2D eigenvalue weighted by atomic mass is 79.9. The van der Waals surface area contributed by atoms with E-state index < -0.39 is 0 Å². The molecule has 1 aromatic carbocycles. The second-order valence-electron chi connectivity index (χ2n) is 5.70. The highest BCUT2D eigenvalue weighted by Crippen LogP contribution is 2.38. The van der Waals surface area contributed by atoms with Crippen molar-refractivity contribution < 1.29 is 4.79 Å². The second-order valence-corrected chi connectivity index (χ2v) is 7.67. The molecule has 0 bridgehead atoms. The minimum absolute atomic E-state index is 0.114. The Balaban J connectivity index is 1.64. The van der Waals surface area contributed by atoms with E-state index in [2.05, 4.69) is 58.3 Å². The molecule has 2 unspecified atom stereocenters. The van der Waals surface area contributed by atoms with Crippen molar-refractivity contribution in [1.82, 2.24) is 4.98 Å². The predicted molar refractivity (Wildman–Crippen MR) is 89.7 cm³/mol. The third kappa shape index (κ3) is 3.52. The van der Waals surface area contributed by atoms with E-state index in [1.807, 2.05) is 6.20 Å². The van der Waals surface area contributed by atoms with E-state index in [4.69, 9.17) is 0 Å². The molecular weight excluding hydrogens is 348 g/mol. The Morgan fingerprint density at radius 2 is 2.29 bits per heavy atom. The molecule has 3 nitrogen and oxygen atoms in total. The number of nitrogens with one attached hydrogen (secondary N) is 1. The Bertz CT molecular complexity index is 683. The van der Waals surface area contributed by atoms with Gasteiger partial charge in [0, 0.05) is 27.9 Å². The summed E-state index contributed by atoms with van der Waals surface area (Å²) in [6.07, 6.45) is 3.71. The molecule has 1 amide bonds. The SMILES string of the molecule is Cc1cc(Cc2cnc(NC(=O)C3CC3C)s2)ccc1Br. The van der Waals surface area contributed by atoms with Crippen LogP contribution in [-0.4, -0.2) is 10.9 Å². The van der Waals surface area contributed by atoms with Gasteiger partial charge in [0.2, 0.25) is 5.91 Å². The molecule has 110 valence electrons. The van der Waals surface area contributed by atoms with Crippen molar-refractivity contribution >= 4 is 38.3 Å². The van der Waals surface area contributed by atoms with Gasteiger partial charge in [0.05, 0.1) is 0 Å². The highest BCUT2D eigenvalue weighted by Gasteiger charge is 2.39. The highest BCUT2D eigenvalue weighted by molar-refractivity contribution is 9.10. The number of amides is 1. The lowest BCUT2D eigenvalue weighted by Crippen LogP contribution is -2.13. The van der Waals surface area contributed by atoms with Crippen LogP contribution in [-0.2, 0) is 11.2 Å². The zero-order chi connectivity index (χ0) is 15.0. The van der Waals surface area contributed by atoms with Crippen LogP contribution >= 0.6 is 27.3 Å². The quantitative estimate of drug-likeness (QED) is 0.873. The van der Waals surface area contributed by atoms with E-state index in [0.29, 0.717) is 11.0 Å². The number of aromatic nitrogens is 1. The van der Waals surface area contributed by atoms with Gasteiger partial charge in [-0.05, 0) is 36.5 Å². The molecule has 2 atom stereocenters. The van der Waals surface area contributed by atoms with E-state index >= 15 is 0 Å². The summed E-state index contributed by atoms with van der Waals surface area (Å²) in [5.74, 6) is 0.824. The first-order valence-electron chi connectivity index (χ1n) is 7.03. The molecule has 1 heterocycles. The van der Waals surface area contributed by atoms with Gasteiger partial charge in [-0.25, -0.2) is 4.98 Å². The minimum Gasteiger partial charge on any atom is -0.302 e. The van der Waals surface area contributed by atoms with Gasteiger partial charge >= 0.3 is 0 Å². The van der Waals surface area contributed by atoms with Crippen molar-refractivity contribution in [1.29, 1.82) is 0 Å². The number of thiazole rings is 1. The lowest BCUT2D eigenvalue weighted by molar-refractivity contribution is -0.117. The number of benzene rings is 1.